The van der Waals surface area contributed by atoms with Gasteiger partial charge in [-0.05, 0) is 6.07 Å². The Hall–Kier alpha value is -1.90. The number of aromatic nitrogens is 1. The summed E-state index contributed by atoms with van der Waals surface area (Å²) in [5.74, 6) is -0.0576. The molecule has 3 nitrogen and oxygen atoms in total. The highest BCUT2D eigenvalue weighted by Crippen LogP contribution is 2.27. The van der Waals surface area contributed by atoms with E-state index in [4.69, 9.17) is 0 Å². The molecule has 0 amide bonds. The van der Waals surface area contributed by atoms with Crippen molar-refractivity contribution in [3.63, 3.8) is 0 Å². The van der Waals surface area contributed by atoms with Crippen molar-refractivity contribution < 1.29 is 9.59 Å². The minimum absolute atomic E-state index is 0.000874. The molecule has 0 atom stereocenters. The maximum atomic E-state index is 11.7. The summed E-state index contributed by atoms with van der Waals surface area (Å²) in [5.41, 5.74) is 2.42. The number of H-pyrrole nitrogens is 1. The minimum atomic E-state index is -0.0568. The number of carbonyl (C=O) groups is 2. The molecule has 1 heterocycles. The lowest BCUT2D eigenvalue weighted by atomic mass is 9.93. The van der Waals surface area contributed by atoms with E-state index in [-0.39, 0.29) is 18.0 Å². The Labute approximate surface area is 86.1 Å². The third kappa shape index (κ3) is 1.13. The number of para-hydroxylation sites is 1. The summed E-state index contributed by atoms with van der Waals surface area (Å²) >= 11 is 0. The van der Waals surface area contributed by atoms with Gasteiger partial charge < -0.3 is 4.98 Å². The molecule has 3 heteroatoms. The molecular weight excluding hydrogens is 190 g/mol. The van der Waals surface area contributed by atoms with Crippen LogP contribution >= 0.6 is 0 Å². The number of carbonyl (C=O) groups excluding carboxylic acids is 2. The first kappa shape index (κ1) is 8.41. The third-order valence-corrected chi connectivity index (χ3v) is 2.79. The largest absolute Gasteiger partial charge is 0.357 e. The number of Topliss-reactive ketones (excluding diaryl/α,β-unsaturated/α-hetero) is 2. The van der Waals surface area contributed by atoms with Gasteiger partial charge in [-0.3, -0.25) is 9.59 Å². The molecule has 2 aromatic rings. The molecule has 0 bridgehead atoms. The van der Waals surface area contributed by atoms with Gasteiger partial charge in [0.1, 0.15) is 5.78 Å². The zero-order valence-corrected chi connectivity index (χ0v) is 8.04. The van der Waals surface area contributed by atoms with E-state index in [1.165, 1.54) is 0 Å². The van der Waals surface area contributed by atoms with Crippen LogP contribution in [0.4, 0.5) is 0 Å². The number of ketones is 2. The van der Waals surface area contributed by atoms with Gasteiger partial charge in [0.05, 0.1) is 6.42 Å². The number of rotatable bonds is 0. The van der Waals surface area contributed by atoms with Crippen LogP contribution in [0.1, 0.15) is 22.5 Å². The zero-order valence-electron chi connectivity index (χ0n) is 8.04. The zero-order chi connectivity index (χ0) is 10.4. The summed E-state index contributed by atoms with van der Waals surface area (Å²) in [5, 5.41) is 0.935. The number of aromatic amines is 1. The lowest BCUT2D eigenvalue weighted by Gasteiger charge is -2.08. The minimum Gasteiger partial charge on any atom is -0.357 e. The predicted molar refractivity (Wildman–Crippen MR) is 56.0 cm³/mol. The first-order valence-corrected chi connectivity index (χ1v) is 4.90. The quantitative estimate of drug-likeness (QED) is 0.658. The van der Waals surface area contributed by atoms with E-state index >= 15 is 0 Å². The van der Waals surface area contributed by atoms with Crippen molar-refractivity contribution in [1.29, 1.82) is 0 Å². The summed E-state index contributed by atoms with van der Waals surface area (Å²) in [7, 11) is 0. The third-order valence-electron chi connectivity index (χ3n) is 2.79. The van der Waals surface area contributed by atoms with Gasteiger partial charge in [0.2, 0.25) is 0 Å². The summed E-state index contributed by atoms with van der Waals surface area (Å²) in [6.45, 7) is 0. The van der Waals surface area contributed by atoms with Crippen LogP contribution in [0.2, 0.25) is 0 Å². The Morgan fingerprint density at radius 1 is 1.07 bits per heavy atom. The molecule has 1 N–H and O–H groups in total. The van der Waals surface area contributed by atoms with Crippen LogP contribution in [0.25, 0.3) is 10.9 Å². The van der Waals surface area contributed by atoms with Gasteiger partial charge in [-0.25, -0.2) is 0 Å². The van der Waals surface area contributed by atoms with Gasteiger partial charge in [-0.1, -0.05) is 18.2 Å². The Bertz CT molecular complexity index is 580. The van der Waals surface area contributed by atoms with Crippen LogP contribution in [-0.4, -0.2) is 16.6 Å². The number of benzene rings is 1. The van der Waals surface area contributed by atoms with Crippen molar-refractivity contribution >= 4 is 22.5 Å². The molecule has 0 aliphatic heterocycles. The van der Waals surface area contributed by atoms with Crippen LogP contribution < -0.4 is 0 Å². The van der Waals surface area contributed by atoms with Crippen molar-refractivity contribution in [3.05, 3.63) is 35.5 Å². The van der Waals surface area contributed by atoms with Crippen LogP contribution in [0.5, 0.6) is 0 Å². The van der Waals surface area contributed by atoms with E-state index in [0.717, 1.165) is 16.6 Å². The van der Waals surface area contributed by atoms with E-state index in [0.29, 0.717) is 12.0 Å². The monoisotopic (exact) mass is 199 g/mol. The van der Waals surface area contributed by atoms with Crippen molar-refractivity contribution in [1.82, 2.24) is 4.98 Å². The maximum absolute atomic E-state index is 11.7. The normalized spacial score (nSPS) is 15.7. The van der Waals surface area contributed by atoms with E-state index in [2.05, 4.69) is 4.98 Å². The van der Waals surface area contributed by atoms with Gasteiger partial charge in [-0.15, -0.1) is 0 Å². The van der Waals surface area contributed by atoms with Crippen molar-refractivity contribution in [3.8, 4) is 0 Å². The molecular formula is C12H9NO2. The van der Waals surface area contributed by atoms with Crippen molar-refractivity contribution in [2.45, 2.75) is 12.8 Å². The molecule has 0 saturated carbocycles. The lowest BCUT2D eigenvalue weighted by molar-refractivity contribution is -0.117. The smallest absolute Gasteiger partial charge is 0.172 e. The SMILES string of the molecule is O=C1CC(=O)c2c([nH]c3ccccc23)C1. The Kier molecular flexibility index (Phi) is 1.57. The second-order valence-corrected chi connectivity index (χ2v) is 3.84. The Morgan fingerprint density at radius 3 is 2.73 bits per heavy atom. The molecule has 0 spiro atoms. The molecule has 15 heavy (non-hydrogen) atoms. The lowest BCUT2D eigenvalue weighted by Crippen LogP contribution is -2.18. The van der Waals surface area contributed by atoms with E-state index in [9.17, 15) is 9.59 Å². The average Bonchev–Trinajstić information content (AvgIpc) is 2.54. The van der Waals surface area contributed by atoms with Gasteiger partial charge >= 0.3 is 0 Å². The van der Waals surface area contributed by atoms with Crippen molar-refractivity contribution in [2.24, 2.45) is 0 Å². The maximum Gasteiger partial charge on any atom is 0.172 e. The van der Waals surface area contributed by atoms with Gasteiger partial charge in [-0.2, -0.15) is 0 Å². The van der Waals surface area contributed by atoms with Crippen LogP contribution in [-0.2, 0) is 11.2 Å². The molecule has 1 aromatic heterocycles. The van der Waals surface area contributed by atoms with Gasteiger partial charge in [0.15, 0.2) is 5.78 Å². The van der Waals surface area contributed by atoms with Gasteiger partial charge in [0.25, 0.3) is 0 Å². The molecule has 1 aromatic carbocycles. The molecule has 74 valence electrons. The number of hydrogen-bond acceptors (Lipinski definition) is 2. The van der Waals surface area contributed by atoms with Gasteiger partial charge in [0, 0.05) is 28.6 Å². The average molecular weight is 199 g/mol. The van der Waals surface area contributed by atoms with Crippen LogP contribution in [0, 0.1) is 0 Å². The number of fused-ring (bicyclic) bond motifs is 3. The topological polar surface area (TPSA) is 49.9 Å². The molecule has 1 aliphatic rings. The number of nitrogens with one attached hydrogen (secondary N) is 1. The predicted octanol–water partition coefficient (Wildman–Crippen LogP) is 1.87. The fourth-order valence-corrected chi connectivity index (χ4v) is 2.18. The fraction of sp³-hybridized carbons (Fsp3) is 0.167. The van der Waals surface area contributed by atoms with E-state index < -0.39 is 0 Å². The van der Waals surface area contributed by atoms with E-state index in [1.807, 2.05) is 24.3 Å². The molecule has 0 saturated heterocycles. The summed E-state index contributed by atoms with van der Waals surface area (Å²) in [4.78, 5) is 26.1. The highest BCUT2D eigenvalue weighted by Gasteiger charge is 2.26. The summed E-state index contributed by atoms with van der Waals surface area (Å²) < 4.78 is 0. The highest BCUT2D eigenvalue weighted by atomic mass is 16.1. The molecule has 0 radical (unpaired) electrons. The molecule has 0 fully saturated rings. The highest BCUT2D eigenvalue weighted by molar-refractivity contribution is 6.18. The first-order chi connectivity index (χ1) is 7.25. The Morgan fingerprint density at radius 2 is 1.87 bits per heavy atom. The second kappa shape index (κ2) is 2.79. The standard InChI is InChI=1S/C12H9NO2/c14-7-5-10-12(11(15)6-7)8-3-1-2-4-9(8)13-10/h1-4,13H,5-6H2. The first-order valence-electron chi connectivity index (χ1n) is 4.90. The summed E-state index contributed by atoms with van der Waals surface area (Å²) in [6, 6.07) is 7.65. The van der Waals surface area contributed by atoms with Crippen LogP contribution in [0.3, 0.4) is 0 Å². The fourth-order valence-electron chi connectivity index (χ4n) is 2.18. The molecule has 1 aliphatic carbocycles. The number of hydrogen-bond donors (Lipinski definition) is 1. The molecule has 0 unspecified atom stereocenters. The summed E-state index contributed by atoms with van der Waals surface area (Å²) in [6.07, 6.45) is 0.407. The van der Waals surface area contributed by atoms with Crippen LogP contribution in [0.15, 0.2) is 24.3 Å². The van der Waals surface area contributed by atoms with E-state index in [1.54, 1.807) is 0 Å². The van der Waals surface area contributed by atoms with Crippen molar-refractivity contribution in [2.75, 3.05) is 0 Å². The Balaban J connectivity index is 2.36. The second-order valence-electron chi connectivity index (χ2n) is 3.84. The molecule has 3 rings (SSSR count).